The van der Waals surface area contributed by atoms with Crippen molar-refractivity contribution >= 4 is 11.9 Å². The summed E-state index contributed by atoms with van der Waals surface area (Å²) in [5, 5.41) is 16.4. The second-order valence-corrected chi connectivity index (χ2v) is 4.75. The van der Waals surface area contributed by atoms with E-state index in [-0.39, 0.29) is 0 Å². The first-order valence-corrected chi connectivity index (χ1v) is 6.01. The quantitative estimate of drug-likeness (QED) is 0.732. The van der Waals surface area contributed by atoms with Crippen molar-refractivity contribution in [2.75, 3.05) is 0 Å². The standard InChI is InChI=1S/2C6H10O2/c2*7-6(8)4-3-5-1-2-5/h2*5H,1-4H2,(H,7,8). The molecule has 2 aliphatic carbocycles. The monoisotopic (exact) mass is 228 g/mol. The van der Waals surface area contributed by atoms with Crippen LogP contribution < -0.4 is 0 Å². The summed E-state index contributed by atoms with van der Waals surface area (Å²) < 4.78 is 0. The number of carboxylic acids is 2. The van der Waals surface area contributed by atoms with E-state index in [0.29, 0.717) is 12.8 Å². The van der Waals surface area contributed by atoms with Crippen molar-refractivity contribution < 1.29 is 19.8 Å². The molecule has 0 radical (unpaired) electrons. The lowest BCUT2D eigenvalue weighted by Gasteiger charge is -1.87. The highest BCUT2D eigenvalue weighted by Gasteiger charge is 2.21. The number of hydrogen-bond donors (Lipinski definition) is 2. The minimum atomic E-state index is -0.656. The first-order chi connectivity index (χ1) is 7.58. The van der Waals surface area contributed by atoms with E-state index < -0.39 is 11.9 Å². The summed E-state index contributed by atoms with van der Waals surface area (Å²) in [6.07, 6.45) is 7.56. The Morgan fingerprint density at radius 3 is 1.31 bits per heavy atom. The van der Waals surface area contributed by atoms with Crippen LogP contribution in [0, 0.1) is 11.8 Å². The number of hydrogen-bond acceptors (Lipinski definition) is 2. The van der Waals surface area contributed by atoms with E-state index in [1.54, 1.807) is 0 Å². The Morgan fingerprint density at radius 2 is 1.12 bits per heavy atom. The van der Waals surface area contributed by atoms with E-state index in [1.165, 1.54) is 25.7 Å². The predicted molar refractivity (Wildman–Crippen MR) is 59.2 cm³/mol. The van der Waals surface area contributed by atoms with E-state index in [0.717, 1.165) is 24.7 Å². The lowest BCUT2D eigenvalue weighted by Crippen LogP contribution is -1.93. The normalized spacial score (nSPS) is 18.5. The fourth-order valence-electron chi connectivity index (χ4n) is 1.47. The van der Waals surface area contributed by atoms with Crippen molar-refractivity contribution in [3.8, 4) is 0 Å². The average Bonchev–Trinajstić information content (AvgIpc) is 3.06. The van der Waals surface area contributed by atoms with Crippen LogP contribution in [0.1, 0.15) is 51.4 Å². The molecule has 2 fully saturated rings. The van der Waals surface area contributed by atoms with Crippen LogP contribution in [0.15, 0.2) is 0 Å². The summed E-state index contributed by atoms with van der Waals surface area (Å²) in [5.41, 5.74) is 0. The first kappa shape index (κ1) is 13.0. The van der Waals surface area contributed by atoms with Crippen LogP contribution in [-0.4, -0.2) is 22.2 Å². The minimum Gasteiger partial charge on any atom is -0.481 e. The second kappa shape index (κ2) is 6.51. The van der Waals surface area contributed by atoms with Crippen LogP contribution in [0.4, 0.5) is 0 Å². The van der Waals surface area contributed by atoms with Crippen LogP contribution in [0.2, 0.25) is 0 Å². The third kappa shape index (κ3) is 8.26. The molecular weight excluding hydrogens is 208 g/mol. The lowest BCUT2D eigenvalue weighted by atomic mass is 10.2. The highest BCUT2D eigenvalue weighted by atomic mass is 16.4. The number of carbonyl (C=O) groups is 2. The van der Waals surface area contributed by atoms with Crippen molar-refractivity contribution in [1.82, 2.24) is 0 Å². The van der Waals surface area contributed by atoms with Gasteiger partial charge in [-0.2, -0.15) is 0 Å². The smallest absolute Gasteiger partial charge is 0.303 e. The van der Waals surface area contributed by atoms with Crippen molar-refractivity contribution in [3.63, 3.8) is 0 Å². The number of aliphatic carboxylic acids is 2. The SMILES string of the molecule is O=C(O)CCC1CC1.O=C(O)CCC1CC1. The zero-order valence-electron chi connectivity index (χ0n) is 9.52. The van der Waals surface area contributed by atoms with Crippen LogP contribution in [-0.2, 0) is 9.59 Å². The Bertz CT molecular complexity index is 215. The molecule has 2 N–H and O–H groups in total. The van der Waals surface area contributed by atoms with Crippen LogP contribution in [0.3, 0.4) is 0 Å². The van der Waals surface area contributed by atoms with Crippen molar-refractivity contribution in [2.45, 2.75) is 51.4 Å². The van der Waals surface area contributed by atoms with Gasteiger partial charge in [0, 0.05) is 12.8 Å². The molecule has 92 valence electrons. The second-order valence-electron chi connectivity index (χ2n) is 4.75. The Kier molecular flexibility index (Phi) is 5.29. The third-order valence-corrected chi connectivity index (χ3v) is 2.93. The molecule has 0 saturated heterocycles. The van der Waals surface area contributed by atoms with Gasteiger partial charge in [0.1, 0.15) is 0 Å². The molecule has 0 spiro atoms. The number of rotatable bonds is 6. The van der Waals surface area contributed by atoms with Gasteiger partial charge in [0.2, 0.25) is 0 Å². The lowest BCUT2D eigenvalue weighted by molar-refractivity contribution is -0.138. The molecule has 0 heterocycles. The van der Waals surface area contributed by atoms with Gasteiger partial charge >= 0.3 is 11.9 Å². The van der Waals surface area contributed by atoms with Gasteiger partial charge in [0.05, 0.1) is 0 Å². The van der Waals surface area contributed by atoms with Crippen LogP contribution >= 0.6 is 0 Å². The molecule has 16 heavy (non-hydrogen) atoms. The zero-order chi connectivity index (χ0) is 12.0. The molecule has 0 aromatic carbocycles. The average molecular weight is 228 g/mol. The van der Waals surface area contributed by atoms with Crippen molar-refractivity contribution in [3.05, 3.63) is 0 Å². The van der Waals surface area contributed by atoms with Gasteiger partial charge in [-0.15, -0.1) is 0 Å². The molecule has 0 aliphatic heterocycles. The summed E-state index contributed by atoms with van der Waals surface area (Å²) in [6.45, 7) is 0. The molecule has 2 aliphatic rings. The fourth-order valence-corrected chi connectivity index (χ4v) is 1.47. The van der Waals surface area contributed by atoms with E-state index >= 15 is 0 Å². The Labute approximate surface area is 95.7 Å². The molecule has 0 amide bonds. The molecule has 4 heteroatoms. The van der Waals surface area contributed by atoms with E-state index in [2.05, 4.69) is 0 Å². The zero-order valence-corrected chi connectivity index (χ0v) is 9.52. The molecule has 2 rings (SSSR count). The summed E-state index contributed by atoms with van der Waals surface area (Å²) in [4.78, 5) is 19.9. The van der Waals surface area contributed by atoms with Gasteiger partial charge in [0.25, 0.3) is 0 Å². The van der Waals surface area contributed by atoms with Crippen LogP contribution in [0.5, 0.6) is 0 Å². The first-order valence-electron chi connectivity index (χ1n) is 6.01. The van der Waals surface area contributed by atoms with Gasteiger partial charge < -0.3 is 10.2 Å². The summed E-state index contributed by atoms with van der Waals surface area (Å²) >= 11 is 0. The van der Waals surface area contributed by atoms with Gasteiger partial charge in [-0.3, -0.25) is 9.59 Å². The van der Waals surface area contributed by atoms with Crippen molar-refractivity contribution in [2.24, 2.45) is 11.8 Å². The summed E-state index contributed by atoms with van der Waals surface area (Å²) in [6, 6.07) is 0. The third-order valence-electron chi connectivity index (χ3n) is 2.93. The van der Waals surface area contributed by atoms with Gasteiger partial charge in [-0.05, 0) is 24.7 Å². The fraction of sp³-hybridized carbons (Fsp3) is 0.833. The topological polar surface area (TPSA) is 74.6 Å². The maximum absolute atomic E-state index is 9.93. The molecule has 0 atom stereocenters. The summed E-state index contributed by atoms with van der Waals surface area (Å²) in [7, 11) is 0. The predicted octanol–water partition coefficient (Wildman–Crippen LogP) is 2.52. The molecule has 0 bridgehead atoms. The Balaban J connectivity index is 0.000000160. The molecule has 0 unspecified atom stereocenters. The highest BCUT2D eigenvalue weighted by molar-refractivity contribution is 5.66. The molecule has 4 nitrogen and oxygen atoms in total. The van der Waals surface area contributed by atoms with Gasteiger partial charge in [-0.1, -0.05) is 25.7 Å². The largest absolute Gasteiger partial charge is 0.481 e. The highest BCUT2D eigenvalue weighted by Crippen LogP contribution is 2.33. The molecule has 0 aromatic rings. The minimum absolute atomic E-state index is 0.366. The van der Waals surface area contributed by atoms with E-state index in [1.807, 2.05) is 0 Å². The molecular formula is C12H20O4. The molecule has 2 saturated carbocycles. The summed E-state index contributed by atoms with van der Waals surface area (Å²) in [5.74, 6) is 0.200. The maximum Gasteiger partial charge on any atom is 0.303 e. The maximum atomic E-state index is 9.93. The van der Waals surface area contributed by atoms with Gasteiger partial charge in [-0.25, -0.2) is 0 Å². The van der Waals surface area contributed by atoms with E-state index in [9.17, 15) is 9.59 Å². The Hall–Kier alpha value is -1.06. The molecule has 0 aromatic heterocycles. The van der Waals surface area contributed by atoms with E-state index in [4.69, 9.17) is 10.2 Å². The van der Waals surface area contributed by atoms with Crippen molar-refractivity contribution in [1.29, 1.82) is 0 Å². The Morgan fingerprint density at radius 1 is 0.812 bits per heavy atom. The van der Waals surface area contributed by atoms with Gasteiger partial charge in [0.15, 0.2) is 0 Å². The number of carboxylic acid groups (broad SMARTS) is 2. The van der Waals surface area contributed by atoms with Crippen LogP contribution in [0.25, 0.3) is 0 Å².